The van der Waals surface area contributed by atoms with E-state index < -0.39 is 18.0 Å². The van der Waals surface area contributed by atoms with Gasteiger partial charge in [-0.15, -0.1) is 23.4 Å². The van der Waals surface area contributed by atoms with Gasteiger partial charge in [0.15, 0.2) is 11.6 Å². The van der Waals surface area contributed by atoms with Crippen molar-refractivity contribution in [3.8, 4) is 5.75 Å². The Bertz CT molecular complexity index is 877. The third-order valence-corrected chi connectivity index (χ3v) is 5.30. The Hall–Kier alpha value is -3.04. The van der Waals surface area contributed by atoms with E-state index in [1.54, 1.807) is 0 Å². The molecule has 0 unspecified atom stereocenters. The minimum absolute atomic E-state index is 0.0990. The number of alkyl halides is 3. The van der Waals surface area contributed by atoms with E-state index in [9.17, 15) is 18.0 Å². The van der Waals surface area contributed by atoms with Crippen LogP contribution in [-0.4, -0.2) is 66.6 Å². The summed E-state index contributed by atoms with van der Waals surface area (Å²) in [5.74, 6) is 0.628. The topological polar surface area (TPSA) is 61.8 Å². The number of piperazine rings is 1. The van der Waals surface area contributed by atoms with E-state index in [-0.39, 0.29) is 5.56 Å². The van der Waals surface area contributed by atoms with Gasteiger partial charge in [0.05, 0.1) is 5.56 Å². The van der Waals surface area contributed by atoms with Crippen molar-refractivity contribution in [1.29, 1.82) is 0 Å². The van der Waals surface area contributed by atoms with Crippen LogP contribution in [0.3, 0.4) is 0 Å². The number of ether oxygens (including phenoxy) is 1. The van der Waals surface area contributed by atoms with E-state index in [0.29, 0.717) is 26.2 Å². The summed E-state index contributed by atoms with van der Waals surface area (Å²) in [5.41, 5.74) is -0.0990. The minimum Gasteiger partial charge on any atom is -0.405 e. The first-order valence-corrected chi connectivity index (χ1v) is 9.88. The van der Waals surface area contributed by atoms with E-state index >= 15 is 0 Å². The highest BCUT2D eigenvalue weighted by Crippen LogP contribution is 2.28. The summed E-state index contributed by atoms with van der Waals surface area (Å²) < 4.78 is 41.9. The minimum atomic E-state index is -4.85. The quantitative estimate of drug-likeness (QED) is 0.757. The van der Waals surface area contributed by atoms with E-state index in [4.69, 9.17) is 0 Å². The van der Waals surface area contributed by atoms with Gasteiger partial charge in [0.1, 0.15) is 5.75 Å². The van der Waals surface area contributed by atoms with Gasteiger partial charge < -0.3 is 19.4 Å². The molecular formula is C20H22F3N5O2. The molecule has 0 spiro atoms. The van der Waals surface area contributed by atoms with Crippen molar-refractivity contribution < 1.29 is 22.7 Å². The smallest absolute Gasteiger partial charge is 0.405 e. The van der Waals surface area contributed by atoms with Crippen molar-refractivity contribution in [3.63, 3.8) is 0 Å². The summed E-state index contributed by atoms with van der Waals surface area (Å²) in [4.78, 5) is 18.5. The summed E-state index contributed by atoms with van der Waals surface area (Å²) in [7, 11) is 0. The maximum Gasteiger partial charge on any atom is 0.573 e. The van der Waals surface area contributed by atoms with Gasteiger partial charge >= 0.3 is 6.36 Å². The summed E-state index contributed by atoms with van der Waals surface area (Å²) in [6, 6.07) is 9.29. The Morgan fingerprint density at radius 2 is 1.40 bits per heavy atom. The number of benzene rings is 1. The van der Waals surface area contributed by atoms with Crippen molar-refractivity contribution in [1.82, 2.24) is 15.1 Å². The Labute approximate surface area is 172 Å². The van der Waals surface area contributed by atoms with Crippen molar-refractivity contribution in [3.05, 3.63) is 42.0 Å². The maximum absolute atomic E-state index is 12.8. The molecule has 1 aromatic heterocycles. The van der Waals surface area contributed by atoms with Crippen LogP contribution in [0.25, 0.3) is 0 Å². The van der Waals surface area contributed by atoms with Crippen LogP contribution in [0, 0.1) is 0 Å². The van der Waals surface area contributed by atoms with Crippen LogP contribution in [0.2, 0.25) is 0 Å². The van der Waals surface area contributed by atoms with Gasteiger partial charge in [0, 0.05) is 39.3 Å². The number of rotatable bonds is 4. The highest BCUT2D eigenvalue weighted by atomic mass is 19.4. The van der Waals surface area contributed by atoms with Gasteiger partial charge in [0.2, 0.25) is 0 Å². The molecule has 160 valence electrons. The van der Waals surface area contributed by atoms with Crippen LogP contribution < -0.4 is 14.5 Å². The van der Waals surface area contributed by atoms with Gasteiger partial charge in [-0.05, 0) is 37.1 Å². The lowest BCUT2D eigenvalue weighted by Gasteiger charge is -2.35. The van der Waals surface area contributed by atoms with Crippen molar-refractivity contribution >= 4 is 17.5 Å². The number of hydrogen-bond donors (Lipinski definition) is 0. The summed E-state index contributed by atoms with van der Waals surface area (Å²) in [5, 5.41) is 8.63. The molecule has 4 rings (SSSR count). The molecule has 2 fully saturated rings. The number of halogens is 3. The molecule has 0 atom stereocenters. The molecule has 1 aromatic carbocycles. The number of aromatic nitrogens is 2. The Kier molecular flexibility index (Phi) is 5.65. The van der Waals surface area contributed by atoms with Crippen molar-refractivity contribution in [2.45, 2.75) is 19.2 Å². The lowest BCUT2D eigenvalue weighted by atomic mass is 10.1. The first kappa shape index (κ1) is 20.2. The Morgan fingerprint density at radius 1 is 0.833 bits per heavy atom. The Balaban J connectivity index is 1.38. The normalized spacial score (nSPS) is 17.4. The molecule has 10 heteroatoms. The molecule has 3 heterocycles. The number of nitrogens with zero attached hydrogens (tertiary/aromatic N) is 5. The maximum atomic E-state index is 12.8. The summed E-state index contributed by atoms with van der Waals surface area (Å²) in [6.45, 7) is 3.77. The second kappa shape index (κ2) is 8.37. The van der Waals surface area contributed by atoms with Crippen LogP contribution in [-0.2, 0) is 0 Å². The second-order valence-corrected chi connectivity index (χ2v) is 7.27. The molecule has 2 aliphatic heterocycles. The molecule has 2 saturated heterocycles. The third kappa shape index (κ3) is 4.58. The number of para-hydroxylation sites is 1. The summed E-state index contributed by atoms with van der Waals surface area (Å²) in [6.07, 6.45) is -2.53. The van der Waals surface area contributed by atoms with Crippen LogP contribution >= 0.6 is 0 Å². The molecule has 0 saturated carbocycles. The molecule has 30 heavy (non-hydrogen) atoms. The fraction of sp³-hybridized carbons (Fsp3) is 0.450. The van der Waals surface area contributed by atoms with Crippen LogP contribution in [0.15, 0.2) is 36.4 Å². The lowest BCUT2D eigenvalue weighted by Crippen LogP contribution is -2.49. The molecule has 2 aromatic rings. The van der Waals surface area contributed by atoms with Crippen LogP contribution in [0.4, 0.5) is 24.8 Å². The van der Waals surface area contributed by atoms with Gasteiger partial charge in [-0.1, -0.05) is 12.1 Å². The third-order valence-electron chi connectivity index (χ3n) is 5.30. The van der Waals surface area contributed by atoms with Crippen molar-refractivity contribution in [2.75, 3.05) is 49.1 Å². The highest BCUT2D eigenvalue weighted by Gasteiger charge is 2.34. The molecule has 1 amide bonds. The Morgan fingerprint density at radius 3 is 1.97 bits per heavy atom. The van der Waals surface area contributed by atoms with Gasteiger partial charge in [-0.25, -0.2) is 0 Å². The average molecular weight is 421 g/mol. The van der Waals surface area contributed by atoms with Crippen LogP contribution in [0.5, 0.6) is 5.75 Å². The highest BCUT2D eigenvalue weighted by molar-refractivity contribution is 5.97. The van der Waals surface area contributed by atoms with Crippen molar-refractivity contribution in [2.24, 2.45) is 0 Å². The molecule has 7 nitrogen and oxygen atoms in total. The average Bonchev–Trinajstić information content (AvgIpc) is 3.28. The zero-order valence-corrected chi connectivity index (χ0v) is 16.3. The van der Waals surface area contributed by atoms with Crippen LogP contribution in [0.1, 0.15) is 23.2 Å². The fourth-order valence-corrected chi connectivity index (χ4v) is 3.77. The number of amides is 1. The zero-order valence-electron chi connectivity index (χ0n) is 16.3. The first-order chi connectivity index (χ1) is 14.4. The van der Waals surface area contributed by atoms with E-state index in [1.165, 1.54) is 23.1 Å². The predicted molar refractivity (Wildman–Crippen MR) is 105 cm³/mol. The molecule has 0 aliphatic carbocycles. The monoisotopic (exact) mass is 421 g/mol. The van der Waals surface area contributed by atoms with Gasteiger partial charge in [-0.2, -0.15) is 0 Å². The van der Waals surface area contributed by atoms with Gasteiger partial charge in [0.25, 0.3) is 5.91 Å². The molecule has 0 radical (unpaired) electrons. The largest absolute Gasteiger partial charge is 0.573 e. The number of hydrogen-bond acceptors (Lipinski definition) is 6. The fourth-order valence-electron chi connectivity index (χ4n) is 3.77. The molecule has 0 bridgehead atoms. The number of carbonyl (C=O) groups excluding carboxylic acids is 1. The lowest BCUT2D eigenvalue weighted by molar-refractivity contribution is -0.274. The van der Waals surface area contributed by atoms with E-state index in [1.807, 2.05) is 17.0 Å². The van der Waals surface area contributed by atoms with Gasteiger partial charge in [-0.3, -0.25) is 4.79 Å². The SMILES string of the molecule is O=C(c1ccccc1OC(F)(F)F)N1CCN(c2ccc(N3CCCC3)nn2)CC1. The summed E-state index contributed by atoms with van der Waals surface area (Å²) >= 11 is 0. The predicted octanol–water partition coefficient (Wildman–Crippen LogP) is 2.94. The number of anilines is 2. The van der Waals surface area contributed by atoms with E-state index in [0.717, 1.165) is 43.6 Å². The van der Waals surface area contributed by atoms with E-state index in [2.05, 4.69) is 19.8 Å². The first-order valence-electron chi connectivity index (χ1n) is 9.88. The number of carbonyl (C=O) groups is 1. The molecule has 2 aliphatic rings. The molecule has 0 N–H and O–H groups in total. The molecular weight excluding hydrogens is 399 g/mol. The standard InChI is InChI=1S/C20H22F3N5O2/c21-20(22,23)30-16-6-2-1-5-15(16)19(29)28-13-11-27(12-14-28)18-8-7-17(24-25-18)26-9-3-4-10-26/h1-2,5-8H,3-4,9-14H2. The second-order valence-electron chi connectivity index (χ2n) is 7.27. The zero-order chi connectivity index (χ0) is 21.1.